The summed E-state index contributed by atoms with van der Waals surface area (Å²) in [6.07, 6.45) is 2.63. The lowest BCUT2D eigenvalue weighted by Crippen LogP contribution is -2.43. The standard InChI is InChI=1S/C15H28N2O3/c1-5-6-12(4)16-13(18)9-17-8-7-15(10-17,11(2)3)14(19)20/h11-12H,5-10H2,1-4H3,(H,16,18)(H,19,20). The highest BCUT2D eigenvalue weighted by atomic mass is 16.4. The van der Waals surface area contributed by atoms with Crippen LogP contribution in [0, 0.1) is 11.3 Å². The summed E-state index contributed by atoms with van der Waals surface area (Å²) in [5.41, 5.74) is -0.699. The van der Waals surface area contributed by atoms with Crippen molar-refractivity contribution >= 4 is 11.9 Å². The van der Waals surface area contributed by atoms with Crippen molar-refractivity contribution in [3.63, 3.8) is 0 Å². The quantitative estimate of drug-likeness (QED) is 0.747. The van der Waals surface area contributed by atoms with Gasteiger partial charge >= 0.3 is 5.97 Å². The highest BCUT2D eigenvalue weighted by molar-refractivity contribution is 5.79. The van der Waals surface area contributed by atoms with Crippen LogP contribution in [0.5, 0.6) is 0 Å². The molecular weight excluding hydrogens is 256 g/mol. The highest BCUT2D eigenvalue weighted by Crippen LogP contribution is 2.37. The monoisotopic (exact) mass is 284 g/mol. The Morgan fingerprint density at radius 1 is 1.35 bits per heavy atom. The average Bonchev–Trinajstić information content (AvgIpc) is 2.74. The van der Waals surface area contributed by atoms with Crippen LogP contribution in [0.15, 0.2) is 0 Å². The lowest BCUT2D eigenvalue weighted by molar-refractivity contribution is -0.151. The molecule has 0 aliphatic carbocycles. The van der Waals surface area contributed by atoms with Gasteiger partial charge in [0.05, 0.1) is 12.0 Å². The Balaban J connectivity index is 2.52. The Kier molecular flexibility index (Phi) is 5.99. The van der Waals surface area contributed by atoms with Gasteiger partial charge in [-0.3, -0.25) is 14.5 Å². The molecule has 0 saturated carbocycles. The molecule has 1 aliphatic heterocycles. The van der Waals surface area contributed by atoms with E-state index in [-0.39, 0.29) is 17.9 Å². The number of carbonyl (C=O) groups excluding carboxylic acids is 1. The van der Waals surface area contributed by atoms with Crippen LogP contribution in [0.4, 0.5) is 0 Å². The first-order valence-electron chi connectivity index (χ1n) is 7.57. The Morgan fingerprint density at radius 3 is 2.45 bits per heavy atom. The van der Waals surface area contributed by atoms with Crippen molar-refractivity contribution in [2.75, 3.05) is 19.6 Å². The van der Waals surface area contributed by atoms with Crippen LogP contribution >= 0.6 is 0 Å². The zero-order chi connectivity index (χ0) is 15.3. The third-order valence-electron chi connectivity index (χ3n) is 4.41. The Hall–Kier alpha value is -1.10. The summed E-state index contributed by atoms with van der Waals surface area (Å²) in [4.78, 5) is 25.4. The fourth-order valence-corrected chi connectivity index (χ4v) is 2.97. The van der Waals surface area contributed by atoms with E-state index in [0.29, 0.717) is 26.1 Å². The van der Waals surface area contributed by atoms with E-state index in [1.165, 1.54) is 0 Å². The van der Waals surface area contributed by atoms with Crippen molar-refractivity contribution in [3.05, 3.63) is 0 Å². The topological polar surface area (TPSA) is 69.6 Å². The predicted molar refractivity (Wildman–Crippen MR) is 78.5 cm³/mol. The molecule has 0 aromatic carbocycles. The van der Waals surface area contributed by atoms with Gasteiger partial charge in [0.1, 0.15) is 0 Å². The molecule has 0 spiro atoms. The maximum atomic E-state index is 11.9. The van der Waals surface area contributed by atoms with Gasteiger partial charge in [0, 0.05) is 12.6 Å². The van der Waals surface area contributed by atoms with Crippen molar-refractivity contribution in [2.24, 2.45) is 11.3 Å². The van der Waals surface area contributed by atoms with E-state index in [2.05, 4.69) is 12.2 Å². The minimum Gasteiger partial charge on any atom is -0.481 e. The van der Waals surface area contributed by atoms with Crippen LogP contribution < -0.4 is 5.32 Å². The van der Waals surface area contributed by atoms with E-state index >= 15 is 0 Å². The first-order chi connectivity index (χ1) is 9.31. The van der Waals surface area contributed by atoms with Gasteiger partial charge in [0.25, 0.3) is 0 Å². The van der Waals surface area contributed by atoms with Crippen molar-refractivity contribution in [1.82, 2.24) is 10.2 Å². The molecule has 2 atom stereocenters. The first kappa shape index (κ1) is 17.0. The zero-order valence-electron chi connectivity index (χ0n) is 13.1. The minimum atomic E-state index is -0.741. The van der Waals surface area contributed by atoms with Gasteiger partial charge in [-0.25, -0.2) is 0 Å². The molecule has 1 aliphatic rings. The number of carbonyl (C=O) groups is 2. The second kappa shape index (κ2) is 7.07. The summed E-state index contributed by atoms with van der Waals surface area (Å²) < 4.78 is 0. The largest absolute Gasteiger partial charge is 0.481 e. The molecule has 0 aromatic rings. The molecule has 1 amide bonds. The van der Waals surface area contributed by atoms with Gasteiger partial charge in [-0.1, -0.05) is 27.2 Å². The van der Waals surface area contributed by atoms with Gasteiger partial charge in [0.2, 0.25) is 5.91 Å². The number of aliphatic carboxylic acids is 1. The van der Waals surface area contributed by atoms with Gasteiger partial charge in [0.15, 0.2) is 0 Å². The van der Waals surface area contributed by atoms with Crippen molar-refractivity contribution in [2.45, 2.75) is 53.0 Å². The van der Waals surface area contributed by atoms with E-state index in [4.69, 9.17) is 0 Å². The number of amides is 1. The van der Waals surface area contributed by atoms with Gasteiger partial charge in [-0.15, -0.1) is 0 Å². The summed E-state index contributed by atoms with van der Waals surface area (Å²) in [5.74, 6) is -0.669. The fourth-order valence-electron chi connectivity index (χ4n) is 2.97. The number of carboxylic acid groups (broad SMARTS) is 1. The van der Waals surface area contributed by atoms with E-state index in [1.54, 1.807) is 0 Å². The van der Waals surface area contributed by atoms with Crippen LogP contribution in [0.1, 0.15) is 47.0 Å². The van der Waals surface area contributed by atoms with Crippen LogP contribution in [0.2, 0.25) is 0 Å². The van der Waals surface area contributed by atoms with Crippen molar-refractivity contribution in [3.8, 4) is 0 Å². The lowest BCUT2D eigenvalue weighted by atomic mass is 9.76. The number of nitrogens with one attached hydrogen (secondary N) is 1. The minimum absolute atomic E-state index is 0.00380. The smallest absolute Gasteiger partial charge is 0.311 e. The molecule has 0 radical (unpaired) electrons. The Labute approximate surface area is 121 Å². The maximum Gasteiger partial charge on any atom is 0.311 e. The van der Waals surface area contributed by atoms with Crippen molar-refractivity contribution in [1.29, 1.82) is 0 Å². The third kappa shape index (κ3) is 3.95. The SMILES string of the molecule is CCCC(C)NC(=O)CN1CCC(C(=O)O)(C(C)C)C1. The molecule has 0 aromatic heterocycles. The molecule has 1 rings (SSSR count). The zero-order valence-corrected chi connectivity index (χ0v) is 13.1. The molecule has 2 N–H and O–H groups in total. The van der Waals surface area contributed by atoms with Crippen LogP contribution in [0.25, 0.3) is 0 Å². The summed E-state index contributed by atoms with van der Waals surface area (Å²) in [5, 5.41) is 12.4. The van der Waals surface area contributed by atoms with Crippen LogP contribution in [-0.2, 0) is 9.59 Å². The first-order valence-corrected chi connectivity index (χ1v) is 7.57. The molecule has 1 fully saturated rings. The second-order valence-corrected chi connectivity index (χ2v) is 6.33. The molecule has 1 saturated heterocycles. The molecule has 20 heavy (non-hydrogen) atoms. The number of likely N-dealkylation sites (tertiary alicyclic amines) is 1. The lowest BCUT2D eigenvalue weighted by Gasteiger charge is -2.28. The van der Waals surface area contributed by atoms with Crippen LogP contribution in [0.3, 0.4) is 0 Å². The average molecular weight is 284 g/mol. The molecule has 116 valence electrons. The Bertz CT molecular complexity index is 357. The van der Waals surface area contributed by atoms with Crippen LogP contribution in [-0.4, -0.2) is 47.6 Å². The van der Waals surface area contributed by atoms with Gasteiger partial charge in [-0.2, -0.15) is 0 Å². The molecule has 1 heterocycles. The van der Waals surface area contributed by atoms with Gasteiger partial charge < -0.3 is 10.4 Å². The number of carboxylic acids is 1. The second-order valence-electron chi connectivity index (χ2n) is 6.33. The van der Waals surface area contributed by atoms with E-state index < -0.39 is 11.4 Å². The molecule has 2 unspecified atom stereocenters. The Morgan fingerprint density at radius 2 is 2.00 bits per heavy atom. The molecule has 5 nitrogen and oxygen atoms in total. The predicted octanol–water partition coefficient (Wildman–Crippen LogP) is 1.72. The third-order valence-corrected chi connectivity index (χ3v) is 4.41. The number of rotatable bonds is 7. The fraction of sp³-hybridized carbons (Fsp3) is 0.867. The summed E-state index contributed by atoms with van der Waals surface area (Å²) in [7, 11) is 0. The summed E-state index contributed by atoms with van der Waals surface area (Å²) >= 11 is 0. The number of hydrogen-bond acceptors (Lipinski definition) is 3. The normalized spacial score (nSPS) is 24.9. The number of nitrogens with zero attached hydrogens (tertiary/aromatic N) is 1. The molecule has 5 heteroatoms. The van der Waals surface area contributed by atoms with E-state index in [9.17, 15) is 14.7 Å². The highest BCUT2D eigenvalue weighted by Gasteiger charge is 2.47. The maximum absolute atomic E-state index is 11.9. The number of hydrogen-bond donors (Lipinski definition) is 2. The summed E-state index contributed by atoms with van der Waals surface area (Å²) in [6.45, 7) is 9.43. The molecular formula is C15H28N2O3. The van der Waals surface area contributed by atoms with E-state index in [1.807, 2.05) is 25.7 Å². The molecule has 0 bridgehead atoms. The summed E-state index contributed by atoms with van der Waals surface area (Å²) in [6, 6.07) is 0.185. The van der Waals surface area contributed by atoms with Gasteiger partial charge in [-0.05, 0) is 32.2 Å². The van der Waals surface area contributed by atoms with E-state index in [0.717, 1.165) is 12.8 Å². The van der Waals surface area contributed by atoms with Crippen molar-refractivity contribution < 1.29 is 14.7 Å².